The summed E-state index contributed by atoms with van der Waals surface area (Å²) in [6, 6.07) is 14.0. The second-order valence-electron chi connectivity index (χ2n) is 7.88. The van der Waals surface area contributed by atoms with Crippen molar-refractivity contribution in [2.24, 2.45) is 0 Å². The number of benzene rings is 1. The smallest absolute Gasteiger partial charge is 0.246 e. The Balaban J connectivity index is 1.06. The summed E-state index contributed by atoms with van der Waals surface area (Å²) in [6.45, 7) is 5.94. The van der Waals surface area contributed by atoms with Crippen molar-refractivity contribution in [1.82, 2.24) is 15.4 Å². The molecule has 4 rings (SSSR count). The molecule has 33 heavy (non-hydrogen) atoms. The van der Waals surface area contributed by atoms with Crippen molar-refractivity contribution in [3.8, 4) is 16.4 Å². The minimum atomic E-state index is -0.110. The summed E-state index contributed by atoms with van der Waals surface area (Å²) in [6.07, 6.45) is 0.918. The molecule has 1 aromatic carbocycles. The number of carbonyl (C=O) groups excluding carboxylic acids is 1. The van der Waals surface area contributed by atoms with Crippen LogP contribution in [0.15, 0.2) is 52.4 Å². The maximum atomic E-state index is 12.0. The van der Waals surface area contributed by atoms with Crippen LogP contribution in [-0.2, 0) is 16.1 Å². The Bertz CT molecular complexity index is 982. The number of carbonyl (C=O) groups is 1. The molecule has 1 aliphatic rings. The number of methoxy groups -OCH3 is 1. The molecule has 1 amide bonds. The van der Waals surface area contributed by atoms with Gasteiger partial charge >= 0.3 is 0 Å². The number of aromatic nitrogens is 1. The molecule has 1 N–H and O–H groups in total. The van der Waals surface area contributed by atoms with Crippen molar-refractivity contribution in [1.29, 1.82) is 0 Å². The largest absolute Gasteiger partial charge is 0.497 e. The SMILES string of the molecule is COc1ccc(N2CCN(CCCNC(=O)COCc3cc(-c4cccs4)on3)CC2)cc1. The average Bonchev–Trinajstić information content (AvgIpc) is 3.55. The van der Waals surface area contributed by atoms with Gasteiger partial charge in [0.15, 0.2) is 5.76 Å². The lowest BCUT2D eigenvalue weighted by molar-refractivity contribution is -0.126. The van der Waals surface area contributed by atoms with E-state index >= 15 is 0 Å². The van der Waals surface area contributed by atoms with Gasteiger partial charge in [0.25, 0.3) is 0 Å². The van der Waals surface area contributed by atoms with Gasteiger partial charge in [-0.25, -0.2) is 0 Å². The number of thiophene rings is 1. The highest BCUT2D eigenvalue weighted by molar-refractivity contribution is 7.13. The van der Waals surface area contributed by atoms with Gasteiger partial charge in [-0.3, -0.25) is 9.69 Å². The zero-order valence-corrected chi connectivity index (χ0v) is 19.7. The third kappa shape index (κ3) is 6.80. The Morgan fingerprint density at radius 1 is 1.18 bits per heavy atom. The van der Waals surface area contributed by atoms with E-state index in [0.29, 0.717) is 12.2 Å². The fraction of sp³-hybridized carbons (Fsp3) is 0.417. The van der Waals surface area contributed by atoms with E-state index in [-0.39, 0.29) is 19.1 Å². The van der Waals surface area contributed by atoms with Gasteiger partial charge in [-0.05, 0) is 48.7 Å². The van der Waals surface area contributed by atoms with E-state index in [4.69, 9.17) is 14.0 Å². The Kier molecular flexibility index (Phi) is 8.35. The first kappa shape index (κ1) is 23.3. The second-order valence-corrected chi connectivity index (χ2v) is 8.83. The first-order chi connectivity index (χ1) is 16.2. The van der Waals surface area contributed by atoms with Crippen LogP contribution in [0.1, 0.15) is 12.1 Å². The summed E-state index contributed by atoms with van der Waals surface area (Å²) in [4.78, 5) is 17.9. The average molecular weight is 471 g/mol. The molecular formula is C24H30N4O4S. The van der Waals surface area contributed by atoms with Gasteiger partial charge in [-0.1, -0.05) is 11.2 Å². The first-order valence-electron chi connectivity index (χ1n) is 11.2. The molecule has 8 nitrogen and oxygen atoms in total. The van der Waals surface area contributed by atoms with Crippen LogP contribution in [-0.4, -0.2) is 68.9 Å². The molecule has 0 saturated carbocycles. The van der Waals surface area contributed by atoms with Crippen LogP contribution >= 0.6 is 11.3 Å². The molecule has 176 valence electrons. The lowest BCUT2D eigenvalue weighted by Gasteiger charge is -2.36. The Hall–Kier alpha value is -2.88. The highest BCUT2D eigenvalue weighted by atomic mass is 32.1. The van der Waals surface area contributed by atoms with Gasteiger partial charge in [-0.15, -0.1) is 11.3 Å². The maximum absolute atomic E-state index is 12.0. The molecule has 0 bridgehead atoms. The molecule has 0 radical (unpaired) electrons. The summed E-state index contributed by atoms with van der Waals surface area (Å²) in [5, 5.41) is 8.90. The molecule has 0 spiro atoms. The van der Waals surface area contributed by atoms with Crippen LogP contribution in [0.4, 0.5) is 5.69 Å². The Morgan fingerprint density at radius 2 is 2.00 bits per heavy atom. The molecule has 2 aromatic heterocycles. The second kappa shape index (κ2) is 11.8. The van der Waals surface area contributed by atoms with E-state index < -0.39 is 0 Å². The molecule has 0 atom stereocenters. The Morgan fingerprint density at radius 3 is 2.73 bits per heavy atom. The molecular weight excluding hydrogens is 440 g/mol. The number of piperazine rings is 1. The van der Waals surface area contributed by atoms with Gasteiger partial charge in [0.1, 0.15) is 18.1 Å². The van der Waals surface area contributed by atoms with E-state index in [9.17, 15) is 4.79 Å². The van der Waals surface area contributed by atoms with Crippen molar-refractivity contribution in [2.75, 3.05) is 57.9 Å². The standard InChI is InChI=1S/C24H30N4O4S/c1-30-21-7-5-20(6-8-21)28-13-11-27(12-14-28)10-3-9-25-24(29)18-31-17-19-16-22(32-26-19)23-4-2-15-33-23/h2,4-8,15-16H,3,9-14,17-18H2,1H3,(H,25,29). The van der Waals surface area contributed by atoms with E-state index in [1.165, 1.54) is 5.69 Å². The third-order valence-corrected chi connectivity index (χ3v) is 6.47. The fourth-order valence-corrected chi connectivity index (χ4v) is 4.44. The monoisotopic (exact) mass is 470 g/mol. The van der Waals surface area contributed by atoms with Gasteiger partial charge in [-0.2, -0.15) is 0 Å². The summed E-state index contributed by atoms with van der Waals surface area (Å²) in [7, 11) is 1.68. The number of nitrogens with zero attached hydrogens (tertiary/aromatic N) is 3. The van der Waals surface area contributed by atoms with Crippen LogP contribution in [0.5, 0.6) is 5.75 Å². The highest BCUT2D eigenvalue weighted by Crippen LogP contribution is 2.25. The van der Waals surface area contributed by atoms with Gasteiger partial charge in [0.05, 0.1) is 18.6 Å². The van der Waals surface area contributed by atoms with Crippen LogP contribution in [0.2, 0.25) is 0 Å². The molecule has 1 aliphatic heterocycles. The molecule has 0 unspecified atom stereocenters. The molecule has 1 saturated heterocycles. The third-order valence-electron chi connectivity index (χ3n) is 5.59. The summed E-state index contributed by atoms with van der Waals surface area (Å²) in [5.74, 6) is 1.49. The number of hydrogen-bond acceptors (Lipinski definition) is 8. The zero-order valence-electron chi connectivity index (χ0n) is 18.9. The highest BCUT2D eigenvalue weighted by Gasteiger charge is 2.17. The first-order valence-corrected chi connectivity index (χ1v) is 12.0. The predicted molar refractivity (Wildman–Crippen MR) is 129 cm³/mol. The van der Waals surface area contributed by atoms with E-state index in [2.05, 4.69) is 32.4 Å². The number of nitrogens with one attached hydrogen (secondary N) is 1. The van der Waals surface area contributed by atoms with Gasteiger partial charge < -0.3 is 24.2 Å². The van der Waals surface area contributed by atoms with Crippen LogP contribution in [0, 0.1) is 0 Å². The van der Waals surface area contributed by atoms with Crippen molar-refractivity contribution in [3.63, 3.8) is 0 Å². The van der Waals surface area contributed by atoms with Gasteiger partial charge in [0, 0.05) is 44.5 Å². The van der Waals surface area contributed by atoms with Crippen molar-refractivity contribution < 1.29 is 18.8 Å². The van der Waals surface area contributed by atoms with Crippen LogP contribution < -0.4 is 15.0 Å². The van der Waals surface area contributed by atoms with Crippen LogP contribution in [0.3, 0.4) is 0 Å². The van der Waals surface area contributed by atoms with E-state index in [0.717, 1.165) is 55.5 Å². The maximum Gasteiger partial charge on any atom is 0.246 e. The quantitative estimate of drug-likeness (QED) is 0.431. The van der Waals surface area contributed by atoms with Crippen molar-refractivity contribution in [3.05, 3.63) is 53.5 Å². The number of rotatable bonds is 11. The molecule has 3 heterocycles. The normalized spacial score (nSPS) is 14.4. The van der Waals surface area contributed by atoms with Crippen molar-refractivity contribution >= 4 is 22.9 Å². The number of anilines is 1. The minimum absolute atomic E-state index is 0.0156. The number of hydrogen-bond donors (Lipinski definition) is 1. The van der Waals surface area contributed by atoms with E-state index in [1.54, 1.807) is 18.4 Å². The van der Waals surface area contributed by atoms with Crippen molar-refractivity contribution in [2.45, 2.75) is 13.0 Å². The Labute approximate surface area is 198 Å². The summed E-state index contributed by atoms with van der Waals surface area (Å²) >= 11 is 1.59. The molecule has 3 aromatic rings. The number of amides is 1. The molecule has 9 heteroatoms. The topological polar surface area (TPSA) is 80.1 Å². The summed E-state index contributed by atoms with van der Waals surface area (Å²) in [5.41, 5.74) is 1.91. The summed E-state index contributed by atoms with van der Waals surface area (Å²) < 4.78 is 16.0. The van der Waals surface area contributed by atoms with E-state index in [1.807, 2.05) is 35.7 Å². The minimum Gasteiger partial charge on any atom is -0.497 e. The lowest BCUT2D eigenvalue weighted by Crippen LogP contribution is -2.47. The van der Waals surface area contributed by atoms with Crippen LogP contribution in [0.25, 0.3) is 10.6 Å². The number of ether oxygens (including phenoxy) is 2. The lowest BCUT2D eigenvalue weighted by atomic mass is 10.2. The molecule has 1 fully saturated rings. The predicted octanol–water partition coefficient (Wildman–Crippen LogP) is 3.26. The zero-order chi connectivity index (χ0) is 22.9. The van der Waals surface area contributed by atoms with Gasteiger partial charge in [0.2, 0.25) is 5.91 Å². The molecule has 0 aliphatic carbocycles. The fourth-order valence-electron chi connectivity index (χ4n) is 3.77.